The van der Waals surface area contributed by atoms with Gasteiger partial charge in [0.1, 0.15) is 12.4 Å². The maximum atomic E-state index is 12.5. The molecule has 1 aliphatic carbocycles. The van der Waals surface area contributed by atoms with E-state index < -0.39 is 0 Å². The van der Waals surface area contributed by atoms with Crippen LogP contribution in [0.5, 0.6) is 0 Å². The zero-order valence-corrected chi connectivity index (χ0v) is 16.0. The summed E-state index contributed by atoms with van der Waals surface area (Å²) in [6.45, 7) is 1.49. The standard InChI is InChI=1S/C22H23NO3S/c24-22(21-12-18-7-1-2-9-20(18)27-21)23-13-16-5-3-6-17(11-16)14-25-15-19-8-4-10-26-19/h3-6,8,10-12H,1-2,7,9,13-15H2,(H,23,24). The fourth-order valence-electron chi connectivity index (χ4n) is 3.37. The molecule has 4 nitrogen and oxygen atoms in total. The van der Waals surface area contributed by atoms with Crippen LogP contribution in [-0.2, 0) is 37.3 Å². The van der Waals surface area contributed by atoms with Crippen molar-refractivity contribution in [3.63, 3.8) is 0 Å². The molecule has 5 heteroatoms. The number of thiophene rings is 1. The zero-order chi connectivity index (χ0) is 18.5. The van der Waals surface area contributed by atoms with Crippen molar-refractivity contribution in [2.45, 2.75) is 45.4 Å². The van der Waals surface area contributed by atoms with E-state index in [-0.39, 0.29) is 5.91 Å². The van der Waals surface area contributed by atoms with Gasteiger partial charge >= 0.3 is 0 Å². The van der Waals surface area contributed by atoms with E-state index in [0.717, 1.165) is 34.6 Å². The van der Waals surface area contributed by atoms with E-state index in [1.807, 2.05) is 30.3 Å². The third kappa shape index (κ3) is 4.67. The van der Waals surface area contributed by atoms with Crippen molar-refractivity contribution in [3.05, 3.63) is 80.9 Å². The third-order valence-electron chi connectivity index (χ3n) is 4.76. The third-order valence-corrected chi connectivity index (χ3v) is 5.99. The normalized spacial score (nSPS) is 13.3. The van der Waals surface area contributed by atoms with Gasteiger partial charge in [-0.2, -0.15) is 0 Å². The molecule has 2 heterocycles. The van der Waals surface area contributed by atoms with E-state index in [1.165, 1.54) is 23.3 Å². The van der Waals surface area contributed by atoms with Gasteiger partial charge in [0.25, 0.3) is 5.91 Å². The quantitative estimate of drug-likeness (QED) is 0.635. The Morgan fingerprint density at radius 2 is 1.96 bits per heavy atom. The minimum Gasteiger partial charge on any atom is -0.467 e. The molecule has 0 saturated carbocycles. The number of aryl methyl sites for hydroxylation is 2. The number of benzene rings is 1. The Hall–Kier alpha value is -2.37. The van der Waals surface area contributed by atoms with Crippen molar-refractivity contribution < 1.29 is 13.9 Å². The lowest BCUT2D eigenvalue weighted by molar-refractivity contribution is 0.0928. The Kier molecular flexibility index (Phi) is 5.70. The molecule has 0 radical (unpaired) electrons. The van der Waals surface area contributed by atoms with Gasteiger partial charge in [-0.1, -0.05) is 24.3 Å². The summed E-state index contributed by atoms with van der Waals surface area (Å²) in [4.78, 5) is 14.7. The molecule has 140 valence electrons. The number of hydrogen-bond donors (Lipinski definition) is 1. The number of nitrogens with one attached hydrogen (secondary N) is 1. The Labute approximate surface area is 163 Å². The average Bonchev–Trinajstić information content (AvgIpc) is 3.36. The lowest BCUT2D eigenvalue weighted by Gasteiger charge is -2.08. The molecule has 1 aromatic carbocycles. The van der Waals surface area contributed by atoms with Crippen LogP contribution >= 0.6 is 11.3 Å². The summed E-state index contributed by atoms with van der Waals surface area (Å²) in [5.41, 5.74) is 3.52. The first-order valence-corrected chi connectivity index (χ1v) is 10.2. The van der Waals surface area contributed by atoms with Crippen molar-refractivity contribution in [1.29, 1.82) is 0 Å². The molecule has 0 fully saturated rings. The van der Waals surface area contributed by atoms with Crippen molar-refractivity contribution in [2.75, 3.05) is 0 Å². The van der Waals surface area contributed by atoms with Crippen LogP contribution in [0.3, 0.4) is 0 Å². The predicted octanol–water partition coefficient (Wildman–Crippen LogP) is 4.87. The number of fused-ring (bicyclic) bond motifs is 1. The Balaban J connectivity index is 1.30. The van der Waals surface area contributed by atoms with Crippen molar-refractivity contribution >= 4 is 17.2 Å². The van der Waals surface area contributed by atoms with Gasteiger partial charge in [0.05, 0.1) is 17.7 Å². The highest BCUT2D eigenvalue weighted by Gasteiger charge is 2.17. The smallest absolute Gasteiger partial charge is 0.261 e. The van der Waals surface area contributed by atoms with E-state index in [9.17, 15) is 4.79 Å². The molecule has 0 spiro atoms. The van der Waals surface area contributed by atoms with Gasteiger partial charge in [0.15, 0.2) is 0 Å². The molecule has 1 N–H and O–H groups in total. The van der Waals surface area contributed by atoms with Crippen molar-refractivity contribution in [1.82, 2.24) is 5.32 Å². The first kappa shape index (κ1) is 18.0. The highest BCUT2D eigenvalue weighted by molar-refractivity contribution is 7.14. The lowest BCUT2D eigenvalue weighted by atomic mass is 9.99. The van der Waals surface area contributed by atoms with E-state index in [2.05, 4.69) is 17.4 Å². The summed E-state index contributed by atoms with van der Waals surface area (Å²) in [5.74, 6) is 0.839. The second-order valence-corrected chi connectivity index (χ2v) is 7.98. The van der Waals surface area contributed by atoms with E-state index in [4.69, 9.17) is 9.15 Å². The molecule has 3 aromatic rings. The van der Waals surface area contributed by atoms with Gasteiger partial charge in [-0.05, 0) is 60.6 Å². The van der Waals surface area contributed by atoms with Crippen LogP contribution in [0.2, 0.25) is 0 Å². The molecular weight excluding hydrogens is 358 g/mol. The number of hydrogen-bond acceptors (Lipinski definition) is 4. The van der Waals surface area contributed by atoms with Crippen molar-refractivity contribution in [3.8, 4) is 0 Å². The van der Waals surface area contributed by atoms with Gasteiger partial charge in [-0.3, -0.25) is 4.79 Å². The molecule has 2 aromatic heterocycles. The summed E-state index contributed by atoms with van der Waals surface area (Å²) >= 11 is 1.65. The Morgan fingerprint density at radius 1 is 1.07 bits per heavy atom. The largest absolute Gasteiger partial charge is 0.467 e. The molecule has 0 bridgehead atoms. The first-order valence-electron chi connectivity index (χ1n) is 9.35. The highest BCUT2D eigenvalue weighted by Crippen LogP contribution is 2.29. The maximum Gasteiger partial charge on any atom is 0.261 e. The molecule has 0 unspecified atom stereocenters. The second kappa shape index (κ2) is 8.55. The first-order chi connectivity index (χ1) is 13.3. The molecule has 4 rings (SSSR count). The molecular formula is C22H23NO3S. The molecule has 0 aliphatic heterocycles. The van der Waals surface area contributed by atoms with Crippen LogP contribution in [0, 0.1) is 0 Å². The number of rotatable bonds is 7. The summed E-state index contributed by atoms with van der Waals surface area (Å²) in [6, 6.07) is 13.9. The fourth-order valence-corrected chi connectivity index (χ4v) is 4.54. The van der Waals surface area contributed by atoms with Gasteiger partial charge in [-0.25, -0.2) is 0 Å². The number of ether oxygens (including phenoxy) is 1. The van der Waals surface area contributed by atoms with Crippen LogP contribution in [-0.4, -0.2) is 5.91 Å². The maximum absolute atomic E-state index is 12.5. The van der Waals surface area contributed by atoms with Gasteiger partial charge in [-0.15, -0.1) is 11.3 Å². The summed E-state index contributed by atoms with van der Waals surface area (Å²) in [7, 11) is 0. The zero-order valence-electron chi connectivity index (χ0n) is 15.2. The van der Waals surface area contributed by atoms with Gasteiger partial charge < -0.3 is 14.5 Å². The molecule has 0 saturated heterocycles. The van der Waals surface area contributed by atoms with Crippen molar-refractivity contribution in [2.24, 2.45) is 0 Å². The van der Waals surface area contributed by atoms with Gasteiger partial charge in [0.2, 0.25) is 0 Å². The Morgan fingerprint density at radius 3 is 2.81 bits per heavy atom. The minimum absolute atomic E-state index is 0.0221. The number of carbonyl (C=O) groups excluding carboxylic acids is 1. The molecule has 1 aliphatic rings. The second-order valence-electron chi connectivity index (χ2n) is 6.84. The monoisotopic (exact) mass is 381 g/mol. The predicted molar refractivity (Wildman–Crippen MR) is 106 cm³/mol. The number of furan rings is 1. The Bertz CT molecular complexity index is 875. The van der Waals surface area contributed by atoms with Crippen LogP contribution in [0.25, 0.3) is 0 Å². The van der Waals surface area contributed by atoms with E-state index in [0.29, 0.717) is 19.8 Å². The van der Waals surface area contributed by atoms with Crippen LogP contribution in [0.1, 0.15) is 49.8 Å². The topological polar surface area (TPSA) is 51.5 Å². The number of amides is 1. The molecule has 1 amide bonds. The summed E-state index contributed by atoms with van der Waals surface area (Å²) < 4.78 is 10.9. The van der Waals surface area contributed by atoms with E-state index >= 15 is 0 Å². The summed E-state index contributed by atoms with van der Waals surface area (Å²) in [5, 5.41) is 3.05. The van der Waals surface area contributed by atoms with Crippen LogP contribution in [0.4, 0.5) is 0 Å². The minimum atomic E-state index is 0.0221. The lowest BCUT2D eigenvalue weighted by Crippen LogP contribution is -2.21. The highest BCUT2D eigenvalue weighted by atomic mass is 32.1. The SMILES string of the molecule is O=C(NCc1cccc(COCc2ccco2)c1)c1cc2c(s1)CCCC2. The van der Waals surface area contributed by atoms with Gasteiger partial charge in [0, 0.05) is 11.4 Å². The van der Waals surface area contributed by atoms with Crippen LogP contribution in [0.15, 0.2) is 53.1 Å². The average molecular weight is 381 g/mol. The summed E-state index contributed by atoms with van der Waals surface area (Å²) in [6.07, 6.45) is 6.35. The molecule has 27 heavy (non-hydrogen) atoms. The fraction of sp³-hybridized carbons (Fsp3) is 0.318. The number of carbonyl (C=O) groups is 1. The molecule has 0 atom stereocenters. The van der Waals surface area contributed by atoms with Crippen LogP contribution < -0.4 is 5.32 Å². The van der Waals surface area contributed by atoms with E-state index in [1.54, 1.807) is 17.6 Å².